The van der Waals surface area contributed by atoms with Crippen molar-refractivity contribution in [1.82, 2.24) is 19.8 Å². The molecule has 1 N–H and O–H groups in total. The second-order valence-corrected chi connectivity index (χ2v) is 8.13. The van der Waals surface area contributed by atoms with Crippen LogP contribution >= 0.6 is 0 Å². The first-order valence-corrected chi connectivity index (χ1v) is 10.6. The Morgan fingerprint density at radius 1 is 1.36 bits per heavy atom. The highest BCUT2D eigenvalue weighted by atomic mass is 16.5. The monoisotopic (exact) mass is 386 g/mol. The molecule has 1 fully saturated rings. The molecule has 3 rings (SSSR count). The molecule has 2 aromatic rings. The van der Waals surface area contributed by atoms with E-state index in [9.17, 15) is 4.79 Å². The van der Waals surface area contributed by atoms with Crippen LogP contribution in [0.2, 0.25) is 0 Å². The SMILES string of the molecule is COCCCCn1c(C(=O)N(CC(C)C)[C@H]2CCCNC2)nc2ccccc21. The summed E-state index contributed by atoms with van der Waals surface area (Å²) < 4.78 is 7.29. The number of imidazole rings is 1. The number of hydrogen-bond donors (Lipinski definition) is 1. The summed E-state index contributed by atoms with van der Waals surface area (Å²) in [5.74, 6) is 1.06. The minimum atomic E-state index is 0.0605. The molecule has 1 amide bonds. The lowest BCUT2D eigenvalue weighted by Gasteiger charge is -2.35. The third-order valence-electron chi connectivity index (χ3n) is 5.36. The zero-order valence-electron chi connectivity index (χ0n) is 17.5. The van der Waals surface area contributed by atoms with E-state index in [1.165, 1.54) is 0 Å². The minimum Gasteiger partial charge on any atom is -0.385 e. The number of rotatable bonds is 9. The van der Waals surface area contributed by atoms with Gasteiger partial charge in [0.2, 0.25) is 0 Å². The molecule has 0 spiro atoms. The number of unbranched alkanes of at least 4 members (excludes halogenated alkanes) is 1. The van der Waals surface area contributed by atoms with Crippen molar-refractivity contribution in [3.05, 3.63) is 30.1 Å². The maximum Gasteiger partial charge on any atom is 0.290 e. The number of carbonyl (C=O) groups is 1. The molecule has 0 saturated carbocycles. The number of nitrogens with one attached hydrogen (secondary N) is 1. The molecule has 1 aromatic heterocycles. The number of aromatic nitrogens is 2. The lowest BCUT2D eigenvalue weighted by molar-refractivity contribution is 0.0603. The van der Waals surface area contributed by atoms with E-state index in [-0.39, 0.29) is 11.9 Å². The van der Waals surface area contributed by atoms with Gasteiger partial charge in [-0.15, -0.1) is 0 Å². The molecule has 1 aliphatic heterocycles. The molecule has 2 heterocycles. The zero-order valence-corrected chi connectivity index (χ0v) is 17.5. The number of piperidine rings is 1. The number of nitrogens with zero attached hydrogens (tertiary/aromatic N) is 3. The Morgan fingerprint density at radius 3 is 2.89 bits per heavy atom. The van der Waals surface area contributed by atoms with Gasteiger partial charge in [-0.1, -0.05) is 26.0 Å². The maximum atomic E-state index is 13.6. The number of fused-ring (bicyclic) bond motifs is 1. The summed E-state index contributed by atoms with van der Waals surface area (Å²) in [6.45, 7) is 8.53. The fourth-order valence-corrected chi connectivity index (χ4v) is 4.00. The number of benzene rings is 1. The van der Waals surface area contributed by atoms with Gasteiger partial charge >= 0.3 is 0 Å². The second-order valence-electron chi connectivity index (χ2n) is 8.13. The van der Waals surface area contributed by atoms with Crippen LogP contribution in [0, 0.1) is 5.92 Å². The normalized spacial score (nSPS) is 17.4. The van der Waals surface area contributed by atoms with Gasteiger partial charge in [-0.2, -0.15) is 0 Å². The summed E-state index contributed by atoms with van der Waals surface area (Å²) in [5.41, 5.74) is 1.93. The molecule has 0 aliphatic carbocycles. The number of hydrogen-bond acceptors (Lipinski definition) is 4. The summed E-state index contributed by atoms with van der Waals surface area (Å²) in [6, 6.07) is 8.29. The van der Waals surface area contributed by atoms with Crippen LogP contribution in [0.25, 0.3) is 11.0 Å². The lowest BCUT2D eigenvalue weighted by atomic mass is 10.0. The fraction of sp³-hybridized carbons (Fsp3) is 0.636. The van der Waals surface area contributed by atoms with E-state index >= 15 is 0 Å². The van der Waals surface area contributed by atoms with Gasteiger partial charge in [0, 0.05) is 39.4 Å². The Labute approximate surface area is 168 Å². The van der Waals surface area contributed by atoms with Crippen molar-refractivity contribution < 1.29 is 9.53 Å². The van der Waals surface area contributed by atoms with Crippen molar-refractivity contribution in [2.24, 2.45) is 5.92 Å². The van der Waals surface area contributed by atoms with E-state index in [4.69, 9.17) is 9.72 Å². The minimum absolute atomic E-state index is 0.0605. The molecule has 0 radical (unpaired) electrons. The molecule has 6 nitrogen and oxygen atoms in total. The summed E-state index contributed by atoms with van der Waals surface area (Å²) in [7, 11) is 1.73. The quantitative estimate of drug-likeness (QED) is 0.672. The standard InChI is InChI=1S/C22H34N4O2/c1-17(2)16-26(18-9-8-12-23-15-18)22(27)21-24-19-10-4-5-11-20(19)25(21)13-6-7-14-28-3/h4-5,10-11,17-18,23H,6-9,12-16H2,1-3H3/t18-/m0/s1. The molecule has 154 valence electrons. The molecule has 1 atom stereocenters. The number of carbonyl (C=O) groups excluding carboxylic acids is 1. The second kappa shape index (κ2) is 10.0. The summed E-state index contributed by atoms with van der Waals surface area (Å²) in [5, 5.41) is 3.45. The van der Waals surface area contributed by atoms with E-state index in [0.29, 0.717) is 11.7 Å². The molecule has 0 bridgehead atoms. The van der Waals surface area contributed by atoms with Crippen LogP contribution < -0.4 is 5.32 Å². The van der Waals surface area contributed by atoms with E-state index in [1.54, 1.807) is 7.11 Å². The summed E-state index contributed by atoms with van der Waals surface area (Å²) in [6.07, 6.45) is 4.10. The van der Waals surface area contributed by atoms with Crippen molar-refractivity contribution in [2.75, 3.05) is 33.4 Å². The van der Waals surface area contributed by atoms with Crippen LogP contribution in [0.5, 0.6) is 0 Å². The average Bonchev–Trinajstić information content (AvgIpc) is 3.08. The van der Waals surface area contributed by atoms with Crippen LogP contribution in [-0.4, -0.2) is 59.8 Å². The summed E-state index contributed by atoms with van der Waals surface area (Å²) >= 11 is 0. The first kappa shape index (κ1) is 20.8. The lowest BCUT2D eigenvalue weighted by Crippen LogP contribution is -2.50. The van der Waals surface area contributed by atoms with Crippen LogP contribution in [-0.2, 0) is 11.3 Å². The molecule has 0 unspecified atom stereocenters. The Morgan fingerprint density at radius 2 is 2.18 bits per heavy atom. The van der Waals surface area contributed by atoms with Crippen LogP contribution in [0.3, 0.4) is 0 Å². The van der Waals surface area contributed by atoms with Crippen molar-refractivity contribution in [2.45, 2.75) is 52.1 Å². The number of amides is 1. The molecule has 6 heteroatoms. The van der Waals surface area contributed by atoms with Crippen molar-refractivity contribution in [3.63, 3.8) is 0 Å². The number of methoxy groups -OCH3 is 1. The van der Waals surface area contributed by atoms with E-state index in [1.807, 2.05) is 18.2 Å². The highest BCUT2D eigenvalue weighted by Gasteiger charge is 2.30. The van der Waals surface area contributed by atoms with Crippen LogP contribution in [0.1, 0.15) is 50.1 Å². The molecule has 1 saturated heterocycles. The van der Waals surface area contributed by atoms with Gasteiger partial charge < -0.3 is 19.5 Å². The highest BCUT2D eigenvalue weighted by Crippen LogP contribution is 2.21. The Hall–Kier alpha value is -1.92. The highest BCUT2D eigenvalue weighted by molar-refractivity contribution is 5.95. The maximum absolute atomic E-state index is 13.6. The Balaban J connectivity index is 1.90. The molecular weight excluding hydrogens is 352 g/mol. The van der Waals surface area contributed by atoms with Gasteiger partial charge in [0.15, 0.2) is 5.82 Å². The first-order valence-electron chi connectivity index (χ1n) is 10.6. The van der Waals surface area contributed by atoms with Gasteiger partial charge in [-0.3, -0.25) is 4.79 Å². The third kappa shape index (κ3) is 4.92. The topological polar surface area (TPSA) is 59.4 Å². The molecule has 28 heavy (non-hydrogen) atoms. The number of aryl methyl sites for hydroxylation is 1. The van der Waals surface area contributed by atoms with Gasteiger partial charge in [0.05, 0.1) is 11.0 Å². The number of ether oxygens (including phenoxy) is 1. The van der Waals surface area contributed by atoms with Gasteiger partial charge in [-0.25, -0.2) is 4.98 Å². The predicted molar refractivity (Wildman–Crippen MR) is 113 cm³/mol. The van der Waals surface area contributed by atoms with E-state index in [2.05, 4.69) is 34.7 Å². The first-order chi connectivity index (χ1) is 13.6. The van der Waals surface area contributed by atoms with Gasteiger partial charge in [0.1, 0.15) is 0 Å². The smallest absolute Gasteiger partial charge is 0.290 e. The van der Waals surface area contributed by atoms with Crippen molar-refractivity contribution >= 4 is 16.9 Å². The van der Waals surface area contributed by atoms with Gasteiger partial charge in [-0.05, 0) is 50.3 Å². The summed E-state index contributed by atoms with van der Waals surface area (Å²) in [4.78, 5) is 20.5. The largest absolute Gasteiger partial charge is 0.385 e. The number of para-hydroxylation sites is 2. The average molecular weight is 387 g/mol. The Bertz CT molecular complexity index is 765. The molecule has 1 aliphatic rings. The molecule has 1 aromatic carbocycles. The van der Waals surface area contributed by atoms with Crippen molar-refractivity contribution in [1.29, 1.82) is 0 Å². The Kier molecular flexibility index (Phi) is 7.45. The van der Waals surface area contributed by atoms with Gasteiger partial charge in [0.25, 0.3) is 5.91 Å². The molecular formula is C22H34N4O2. The van der Waals surface area contributed by atoms with E-state index < -0.39 is 0 Å². The predicted octanol–water partition coefficient (Wildman–Crippen LogP) is 3.31. The third-order valence-corrected chi connectivity index (χ3v) is 5.36. The van der Waals surface area contributed by atoms with E-state index in [0.717, 1.165) is 69.5 Å². The van der Waals surface area contributed by atoms with Crippen LogP contribution in [0.4, 0.5) is 0 Å². The fourth-order valence-electron chi connectivity index (χ4n) is 4.00. The van der Waals surface area contributed by atoms with Crippen LogP contribution in [0.15, 0.2) is 24.3 Å². The zero-order chi connectivity index (χ0) is 19.9. The van der Waals surface area contributed by atoms with Crippen molar-refractivity contribution in [3.8, 4) is 0 Å².